The van der Waals surface area contributed by atoms with Crippen LogP contribution >= 0.6 is 0 Å². The first-order chi connectivity index (χ1) is 6.16. The standard InChI is InChI=1S/C9H19N3O2/c1-6(7(13)12(4)5)11-8(14)9(2,3)10/h6H,10H2,1-5H3,(H,11,14). The number of amides is 2. The van der Waals surface area contributed by atoms with Gasteiger partial charge in [-0.1, -0.05) is 0 Å². The third kappa shape index (κ3) is 3.74. The van der Waals surface area contributed by atoms with E-state index in [9.17, 15) is 9.59 Å². The van der Waals surface area contributed by atoms with Gasteiger partial charge >= 0.3 is 0 Å². The number of carbonyl (C=O) groups excluding carboxylic acids is 2. The molecule has 0 spiro atoms. The van der Waals surface area contributed by atoms with Gasteiger partial charge in [0.25, 0.3) is 0 Å². The largest absolute Gasteiger partial charge is 0.347 e. The molecule has 0 aliphatic heterocycles. The fourth-order valence-corrected chi connectivity index (χ4v) is 0.832. The topological polar surface area (TPSA) is 75.4 Å². The molecule has 0 aliphatic rings. The normalized spacial score (nSPS) is 13.3. The van der Waals surface area contributed by atoms with Gasteiger partial charge < -0.3 is 16.0 Å². The second kappa shape index (κ2) is 4.41. The molecule has 1 unspecified atom stereocenters. The third-order valence-corrected chi connectivity index (χ3v) is 1.74. The molecule has 0 rings (SSSR count). The summed E-state index contributed by atoms with van der Waals surface area (Å²) in [7, 11) is 3.27. The molecular formula is C9H19N3O2. The fraction of sp³-hybridized carbons (Fsp3) is 0.778. The van der Waals surface area contributed by atoms with E-state index in [1.807, 2.05) is 0 Å². The van der Waals surface area contributed by atoms with E-state index in [1.54, 1.807) is 34.9 Å². The van der Waals surface area contributed by atoms with E-state index in [4.69, 9.17) is 5.73 Å². The van der Waals surface area contributed by atoms with Gasteiger partial charge in [0.1, 0.15) is 6.04 Å². The van der Waals surface area contributed by atoms with Crippen LogP contribution in [0.1, 0.15) is 20.8 Å². The lowest BCUT2D eigenvalue weighted by atomic mass is 10.1. The van der Waals surface area contributed by atoms with E-state index in [-0.39, 0.29) is 11.8 Å². The summed E-state index contributed by atoms with van der Waals surface area (Å²) in [4.78, 5) is 24.2. The van der Waals surface area contributed by atoms with Gasteiger partial charge in [-0.2, -0.15) is 0 Å². The summed E-state index contributed by atoms with van der Waals surface area (Å²) in [5, 5.41) is 2.55. The van der Waals surface area contributed by atoms with E-state index in [2.05, 4.69) is 5.32 Å². The molecule has 82 valence electrons. The van der Waals surface area contributed by atoms with Crippen LogP contribution in [0.15, 0.2) is 0 Å². The Morgan fingerprint density at radius 1 is 1.36 bits per heavy atom. The van der Waals surface area contributed by atoms with Gasteiger partial charge in [-0.05, 0) is 20.8 Å². The molecule has 3 N–H and O–H groups in total. The Morgan fingerprint density at radius 3 is 2.07 bits per heavy atom. The SMILES string of the molecule is CC(NC(=O)C(C)(C)N)C(=O)N(C)C. The lowest BCUT2D eigenvalue weighted by Crippen LogP contribution is -2.54. The number of likely N-dealkylation sites (N-methyl/N-ethyl adjacent to an activating group) is 1. The molecule has 5 heteroatoms. The molecule has 0 saturated heterocycles. The molecule has 0 aliphatic carbocycles. The van der Waals surface area contributed by atoms with Crippen molar-refractivity contribution in [3.63, 3.8) is 0 Å². The van der Waals surface area contributed by atoms with E-state index >= 15 is 0 Å². The Kier molecular flexibility index (Phi) is 4.07. The van der Waals surface area contributed by atoms with Crippen LogP contribution in [0.4, 0.5) is 0 Å². The second-order valence-corrected chi connectivity index (χ2v) is 4.15. The van der Waals surface area contributed by atoms with Crippen LogP contribution in [0.3, 0.4) is 0 Å². The Morgan fingerprint density at radius 2 is 1.79 bits per heavy atom. The summed E-state index contributed by atoms with van der Waals surface area (Å²) in [5.41, 5.74) is 4.61. The number of nitrogens with zero attached hydrogens (tertiary/aromatic N) is 1. The average molecular weight is 201 g/mol. The first kappa shape index (κ1) is 12.9. The predicted molar refractivity (Wildman–Crippen MR) is 54.6 cm³/mol. The first-order valence-electron chi connectivity index (χ1n) is 4.47. The minimum atomic E-state index is -0.957. The van der Waals surface area contributed by atoms with Gasteiger partial charge in [0.15, 0.2) is 0 Å². The second-order valence-electron chi connectivity index (χ2n) is 4.15. The van der Waals surface area contributed by atoms with E-state index in [0.29, 0.717) is 0 Å². The van der Waals surface area contributed by atoms with Crippen LogP contribution in [-0.2, 0) is 9.59 Å². The van der Waals surface area contributed by atoms with E-state index < -0.39 is 11.6 Å². The highest BCUT2D eigenvalue weighted by Crippen LogP contribution is 1.98. The summed E-state index contributed by atoms with van der Waals surface area (Å²) in [6, 6.07) is -0.541. The van der Waals surface area contributed by atoms with Gasteiger partial charge in [0.2, 0.25) is 11.8 Å². The molecule has 0 radical (unpaired) electrons. The van der Waals surface area contributed by atoms with Crippen molar-refractivity contribution in [2.45, 2.75) is 32.4 Å². The maximum absolute atomic E-state index is 11.4. The van der Waals surface area contributed by atoms with Crippen LogP contribution in [0, 0.1) is 0 Å². The van der Waals surface area contributed by atoms with Crippen molar-refractivity contribution in [1.29, 1.82) is 0 Å². The molecule has 5 nitrogen and oxygen atoms in total. The lowest BCUT2D eigenvalue weighted by molar-refractivity contribution is -0.135. The van der Waals surface area contributed by atoms with Crippen LogP contribution in [-0.4, -0.2) is 42.4 Å². The van der Waals surface area contributed by atoms with Gasteiger partial charge in [0, 0.05) is 14.1 Å². The molecule has 0 bridgehead atoms. The highest BCUT2D eigenvalue weighted by Gasteiger charge is 2.25. The molecule has 1 atom stereocenters. The lowest BCUT2D eigenvalue weighted by Gasteiger charge is -2.23. The van der Waals surface area contributed by atoms with Crippen molar-refractivity contribution in [3.05, 3.63) is 0 Å². The van der Waals surface area contributed by atoms with Crippen molar-refractivity contribution >= 4 is 11.8 Å². The number of nitrogens with one attached hydrogen (secondary N) is 1. The van der Waals surface area contributed by atoms with Crippen LogP contribution in [0.25, 0.3) is 0 Å². The molecule has 0 aromatic heterocycles. The van der Waals surface area contributed by atoms with Gasteiger partial charge in [-0.3, -0.25) is 9.59 Å². The number of hydrogen-bond donors (Lipinski definition) is 2. The summed E-state index contributed by atoms with van der Waals surface area (Å²) in [6.45, 7) is 4.82. The van der Waals surface area contributed by atoms with Gasteiger partial charge in [-0.15, -0.1) is 0 Å². The molecule has 2 amide bonds. The number of carbonyl (C=O) groups is 2. The summed E-state index contributed by atoms with van der Waals surface area (Å²) < 4.78 is 0. The van der Waals surface area contributed by atoms with Gasteiger partial charge in [0.05, 0.1) is 5.54 Å². The van der Waals surface area contributed by atoms with Crippen LogP contribution in [0.2, 0.25) is 0 Å². The van der Waals surface area contributed by atoms with Crippen molar-refractivity contribution in [2.75, 3.05) is 14.1 Å². The van der Waals surface area contributed by atoms with Crippen molar-refractivity contribution in [1.82, 2.24) is 10.2 Å². The quantitative estimate of drug-likeness (QED) is 0.635. The zero-order valence-corrected chi connectivity index (χ0v) is 9.42. The first-order valence-corrected chi connectivity index (χ1v) is 4.47. The van der Waals surface area contributed by atoms with Crippen molar-refractivity contribution in [2.24, 2.45) is 5.73 Å². The summed E-state index contributed by atoms with van der Waals surface area (Å²) in [5.74, 6) is -0.484. The third-order valence-electron chi connectivity index (χ3n) is 1.74. The smallest absolute Gasteiger partial charge is 0.244 e. The minimum Gasteiger partial charge on any atom is -0.347 e. The highest BCUT2D eigenvalue weighted by molar-refractivity contribution is 5.91. The van der Waals surface area contributed by atoms with E-state index in [1.165, 1.54) is 4.90 Å². The molecule has 0 fully saturated rings. The Balaban J connectivity index is 4.27. The molecular weight excluding hydrogens is 182 g/mol. The molecule has 0 aromatic carbocycles. The maximum Gasteiger partial charge on any atom is 0.244 e. The average Bonchev–Trinajstić information content (AvgIpc) is 2.00. The highest BCUT2D eigenvalue weighted by atomic mass is 16.2. The molecule has 14 heavy (non-hydrogen) atoms. The number of hydrogen-bond acceptors (Lipinski definition) is 3. The van der Waals surface area contributed by atoms with Crippen LogP contribution in [0.5, 0.6) is 0 Å². The fourth-order valence-electron chi connectivity index (χ4n) is 0.832. The molecule has 0 heterocycles. The predicted octanol–water partition coefficient (Wildman–Crippen LogP) is -0.683. The van der Waals surface area contributed by atoms with Crippen molar-refractivity contribution in [3.8, 4) is 0 Å². The minimum absolute atomic E-state index is 0.150. The zero-order valence-electron chi connectivity index (χ0n) is 9.42. The maximum atomic E-state index is 11.4. The number of nitrogens with two attached hydrogens (primary N) is 1. The Hall–Kier alpha value is -1.10. The van der Waals surface area contributed by atoms with Crippen LogP contribution < -0.4 is 11.1 Å². The van der Waals surface area contributed by atoms with Gasteiger partial charge in [-0.25, -0.2) is 0 Å². The van der Waals surface area contributed by atoms with Crippen molar-refractivity contribution < 1.29 is 9.59 Å². The Labute approximate surface area is 84.6 Å². The monoisotopic (exact) mass is 201 g/mol. The van der Waals surface area contributed by atoms with E-state index in [0.717, 1.165) is 0 Å². The summed E-state index contributed by atoms with van der Waals surface area (Å²) >= 11 is 0. The number of rotatable bonds is 3. The summed E-state index contributed by atoms with van der Waals surface area (Å²) in [6.07, 6.45) is 0. The molecule has 0 saturated carbocycles. The molecule has 0 aromatic rings. The zero-order chi connectivity index (χ0) is 11.5. The Bertz CT molecular complexity index is 231.